The number of aromatic nitrogens is 2. The molecule has 0 fully saturated rings. The number of unbranched alkanes of at least 4 members (excludes halogenated alkanes) is 1. The Labute approximate surface area is 81.6 Å². The van der Waals surface area contributed by atoms with Crippen molar-refractivity contribution >= 4 is 5.91 Å². The molecule has 1 amide bonds. The number of aromatic amines is 1. The van der Waals surface area contributed by atoms with Crippen molar-refractivity contribution in [3.8, 4) is 0 Å². The van der Waals surface area contributed by atoms with E-state index in [-0.39, 0.29) is 17.2 Å². The van der Waals surface area contributed by atoms with Crippen molar-refractivity contribution < 1.29 is 4.79 Å². The van der Waals surface area contributed by atoms with Crippen LogP contribution in [0.5, 0.6) is 0 Å². The van der Waals surface area contributed by atoms with E-state index in [0.29, 0.717) is 6.54 Å². The van der Waals surface area contributed by atoms with Gasteiger partial charge in [-0.2, -0.15) is 0 Å². The molecule has 76 valence electrons. The molecule has 1 rings (SSSR count). The summed E-state index contributed by atoms with van der Waals surface area (Å²) in [6.45, 7) is 2.68. The summed E-state index contributed by atoms with van der Waals surface area (Å²) in [5, 5.41) is 2.70. The largest absolute Gasteiger partial charge is 0.351 e. The molecule has 0 aliphatic rings. The Morgan fingerprint density at radius 1 is 1.64 bits per heavy atom. The topological polar surface area (TPSA) is 74.8 Å². The average Bonchev–Trinajstić information content (AvgIpc) is 2.19. The molecule has 1 aromatic rings. The van der Waals surface area contributed by atoms with Gasteiger partial charge in [0, 0.05) is 12.7 Å². The second kappa shape index (κ2) is 5.16. The molecule has 1 aromatic heterocycles. The van der Waals surface area contributed by atoms with Gasteiger partial charge in [0.2, 0.25) is 0 Å². The van der Waals surface area contributed by atoms with Gasteiger partial charge >= 0.3 is 0 Å². The Bertz CT molecular complexity index is 339. The van der Waals surface area contributed by atoms with Gasteiger partial charge in [-0.05, 0) is 6.42 Å². The van der Waals surface area contributed by atoms with Crippen LogP contribution in [0, 0.1) is 0 Å². The van der Waals surface area contributed by atoms with Gasteiger partial charge in [0.25, 0.3) is 11.5 Å². The maximum Gasteiger partial charge on any atom is 0.271 e. The SMILES string of the molecule is CCCCNC(=O)c1c[nH]c(=O)cn1. The number of carbonyl (C=O) groups excluding carboxylic acids is 1. The monoisotopic (exact) mass is 195 g/mol. The first-order valence-corrected chi connectivity index (χ1v) is 4.57. The van der Waals surface area contributed by atoms with Gasteiger partial charge in [-0.1, -0.05) is 13.3 Å². The fourth-order valence-corrected chi connectivity index (χ4v) is 0.936. The van der Waals surface area contributed by atoms with E-state index in [4.69, 9.17) is 0 Å². The summed E-state index contributed by atoms with van der Waals surface area (Å²) < 4.78 is 0. The molecule has 0 saturated heterocycles. The molecule has 2 N–H and O–H groups in total. The molecule has 0 radical (unpaired) electrons. The minimum atomic E-state index is -0.310. The Morgan fingerprint density at radius 3 is 3.00 bits per heavy atom. The highest BCUT2D eigenvalue weighted by Crippen LogP contribution is 1.89. The normalized spacial score (nSPS) is 9.79. The molecular weight excluding hydrogens is 182 g/mol. The van der Waals surface area contributed by atoms with Gasteiger partial charge in [0.05, 0.1) is 6.20 Å². The van der Waals surface area contributed by atoms with Crippen LogP contribution in [-0.4, -0.2) is 22.4 Å². The molecule has 0 unspecified atom stereocenters. The van der Waals surface area contributed by atoms with E-state index in [2.05, 4.69) is 15.3 Å². The van der Waals surface area contributed by atoms with E-state index in [1.165, 1.54) is 6.20 Å². The quantitative estimate of drug-likeness (QED) is 0.678. The van der Waals surface area contributed by atoms with E-state index >= 15 is 0 Å². The van der Waals surface area contributed by atoms with E-state index in [1.54, 1.807) is 0 Å². The predicted molar refractivity (Wildman–Crippen MR) is 52.1 cm³/mol. The standard InChI is InChI=1S/C9H13N3O2/c1-2-3-4-10-9(14)7-5-12-8(13)6-11-7/h5-6H,2-4H2,1H3,(H,10,14)(H,12,13). The van der Waals surface area contributed by atoms with Crippen LogP contribution in [-0.2, 0) is 0 Å². The first-order valence-electron chi connectivity index (χ1n) is 4.57. The van der Waals surface area contributed by atoms with Crippen LogP contribution >= 0.6 is 0 Å². The van der Waals surface area contributed by atoms with Gasteiger partial charge in [-0.3, -0.25) is 9.59 Å². The first kappa shape index (κ1) is 10.4. The van der Waals surface area contributed by atoms with E-state index in [0.717, 1.165) is 19.0 Å². The van der Waals surface area contributed by atoms with Crippen molar-refractivity contribution in [2.45, 2.75) is 19.8 Å². The van der Waals surface area contributed by atoms with Crippen molar-refractivity contribution in [2.24, 2.45) is 0 Å². The van der Waals surface area contributed by atoms with Gasteiger partial charge in [0.15, 0.2) is 0 Å². The lowest BCUT2D eigenvalue weighted by atomic mass is 10.3. The molecule has 0 atom stereocenters. The molecule has 5 heteroatoms. The zero-order chi connectivity index (χ0) is 10.4. The van der Waals surface area contributed by atoms with Crippen molar-refractivity contribution in [1.82, 2.24) is 15.3 Å². The lowest BCUT2D eigenvalue weighted by molar-refractivity contribution is 0.0947. The first-order chi connectivity index (χ1) is 6.74. The number of hydrogen-bond acceptors (Lipinski definition) is 3. The molecule has 5 nitrogen and oxygen atoms in total. The smallest absolute Gasteiger partial charge is 0.271 e. The number of amides is 1. The van der Waals surface area contributed by atoms with E-state index in [1.807, 2.05) is 6.92 Å². The molecular formula is C9H13N3O2. The minimum absolute atomic E-state index is 0.237. The molecule has 14 heavy (non-hydrogen) atoms. The molecule has 0 spiro atoms. The summed E-state index contributed by atoms with van der Waals surface area (Å²) in [6.07, 6.45) is 4.37. The summed E-state index contributed by atoms with van der Waals surface area (Å²) in [5.41, 5.74) is -0.0733. The number of carbonyl (C=O) groups is 1. The van der Waals surface area contributed by atoms with Crippen LogP contribution in [0.15, 0.2) is 17.2 Å². The van der Waals surface area contributed by atoms with Crippen LogP contribution in [0.2, 0.25) is 0 Å². The van der Waals surface area contributed by atoms with Gasteiger partial charge in [-0.15, -0.1) is 0 Å². The van der Waals surface area contributed by atoms with Crippen molar-refractivity contribution in [3.63, 3.8) is 0 Å². The van der Waals surface area contributed by atoms with Crippen LogP contribution in [0.1, 0.15) is 30.3 Å². The fourth-order valence-electron chi connectivity index (χ4n) is 0.936. The zero-order valence-corrected chi connectivity index (χ0v) is 8.04. The van der Waals surface area contributed by atoms with E-state index < -0.39 is 0 Å². The van der Waals surface area contributed by atoms with Gasteiger partial charge in [-0.25, -0.2) is 4.98 Å². The number of H-pyrrole nitrogens is 1. The maximum atomic E-state index is 11.3. The Balaban J connectivity index is 2.52. The number of hydrogen-bond donors (Lipinski definition) is 2. The molecule has 1 heterocycles. The van der Waals surface area contributed by atoms with Crippen LogP contribution < -0.4 is 10.9 Å². The predicted octanol–water partition coefficient (Wildman–Crippen LogP) is 0.300. The van der Waals surface area contributed by atoms with Crippen LogP contribution in [0.4, 0.5) is 0 Å². The summed E-state index contributed by atoms with van der Waals surface area (Å²) in [7, 11) is 0. The Kier molecular flexibility index (Phi) is 3.84. The van der Waals surface area contributed by atoms with Crippen LogP contribution in [0.3, 0.4) is 0 Å². The molecule has 0 saturated carbocycles. The highest BCUT2D eigenvalue weighted by atomic mass is 16.2. The third-order valence-corrected chi connectivity index (χ3v) is 1.72. The van der Waals surface area contributed by atoms with Gasteiger partial charge in [0.1, 0.15) is 5.69 Å². The van der Waals surface area contributed by atoms with Crippen LogP contribution in [0.25, 0.3) is 0 Å². The second-order valence-electron chi connectivity index (χ2n) is 2.91. The lowest BCUT2D eigenvalue weighted by Gasteiger charge is -2.01. The molecule has 0 aliphatic carbocycles. The summed E-state index contributed by atoms with van der Waals surface area (Å²) >= 11 is 0. The number of rotatable bonds is 4. The number of nitrogens with zero attached hydrogens (tertiary/aromatic N) is 1. The molecule has 0 aliphatic heterocycles. The summed E-state index contributed by atoms with van der Waals surface area (Å²) in [4.78, 5) is 28.1. The van der Waals surface area contributed by atoms with Crippen molar-refractivity contribution in [3.05, 3.63) is 28.4 Å². The Hall–Kier alpha value is -1.65. The molecule has 0 aromatic carbocycles. The second-order valence-corrected chi connectivity index (χ2v) is 2.91. The van der Waals surface area contributed by atoms with Gasteiger partial charge < -0.3 is 10.3 Å². The van der Waals surface area contributed by atoms with E-state index in [9.17, 15) is 9.59 Å². The number of nitrogens with one attached hydrogen (secondary N) is 2. The average molecular weight is 195 g/mol. The Morgan fingerprint density at radius 2 is 2.43 bits per heavy atom. The van der Waals surface area contributed by atoms with Crippen molar-refractivity contribution in [2.75, 3.05) is 6.54 Å². The summed E-state index contributed by atoms with van der Waals surface area (Å²) in [6, 6.07) is 0. The third kappa shape index (κ3) is 3.01. The fraction of sp³-hybridized carbons (Fsp3) is 0.444. The third-order valence-electron chi connectivity index (χ3n) is 1.72. The lowest BCUT2D eigenvalue weighted by Crippen LogP contribution is -2.26. The highest BCUT2D eigenvalue weighted by molar-refractivity contribution is 5.91. The minimum Gasteiger partial charge on any atom is -0.351 e. The summed E-state index contributed by atoms with van der Waals surface area (Å²) in [5.74, 6) is -0.255. The van der Waals surface area contributed by atoms with Crippen molar-refractivity contribution in [1.29, 1.82) is 0 Å². The highest BCUT2D eigenvalue weighted by Gasteiger charge is 2.04. The maximum absolute atomic E-state index is 11.3. The molecule has 0 bridgehead atoms. The zero-order valence-electron chi connectivity index (χ0n) is 8.04.